The van der Waals surface area contributed by atoms with Gasteiger partial charge in [-0.05, 0) is 19.3 Å². The average Bonchev–Trinajstić information content (AvgIpc) is 1.99. The standard InChI is InChI=1S/C9H15Cl2NO3/c1-5(2)4-6(7(13)14)12-8(15)9(3,10)11/h5-6H,4H2,1-3H3,(H,12,15)(H,13,14)/t6-/m1/s1. The zero-order valence-corrected chi connectivity index (χ0v) is 10.4. The molecule has 0 aliphatic carbocycles. The Morgan fingerprint density at radius 1 is 1.40 bits per heavy atom. The van der Waals surface area contributed by atoms with Gasteiger partial charge in [0.15, 0.2) is 4.33 Å². The van der Waals surface area contributed by atoms with E-state index in [1.54, 1.807) is 0 Å². The molecule has 0 aliphatic heterocycles. The SMILES string of the molecule is CC(C)C[C@@H](NC(=O)C(C)(Cl)Cl)C(=O)O. The van der Waals surface area contributed by atoms with Gasteiger partial charge in [-0.1, -0.05) is 37.0 Å². The van der Waals surface area contributed by atoms with E-state index in [0.29, 0.717) is 6.42 Å². The third kappa shape index (κ3) is 5.85. The fraction of sp³-hybridized carbons (Fsp3) is 0.778. The van der Waals surface area contributed by atoms with Crippen LogP contribution in [0.15, 0.2) is 0 Å². The Balaban J connectivity index is 4.43. The van der Waals surface area contributed by atoms with Crippen LogP contribution in [0.3, 0.4) is 0 Å². The number of hydrogen-bond acceptors (Lipinski definition) is 2. The molecule has 0 radical (unpaired) electrons. The minimum Gasteiger partial charge on any atom is -0.480 e. The van der Waals surface area contributed by atoms with Gasteiger partial charge in [-0.25, -0.2) is 4.79 Å². The van der Waals surface area contributed by atoms with Crippen molar-refractivity contribution in [1.29, 1.82) is 0 Å². The fourth-order valence-corrected chi connectivity index (χ4v) is 1.09. The highest BCUT2D eigenvalue weighted by Gasteiger charge is 2.31. The molecular weight excluding hydrogens is 241 g/mol. The van der Waals surface area contributed by atoms with E-state index in [2.05, 4.69) is 5.32 Å². The van der Waals surface area contributed by atoms with E-state index in [9.17, 15) is 9.59 Å². The number of amides is 1. The van der Waals surface area contributed by atoms with Crippen LogP contribution in [0.5, 0.6) is 0 Å². The molecule has 0 bridgehead atoms. The molecule has 4 nitrogen and oxygen atoms in total. The minimum absolute atomic E-state index is 0.156. The second kappa shape index (κ2) is 5.56. The predicted octanol–water partition coefficient (Wildman–Crippen LogP) is 1.80. The Morgan fingerprint density at radius 2 is 1.87 bits per heavy atom. The predicted molar refractivity (Wildman–Crippen MR) is 59.1 cm³/mol. The number of carboxylic acid groups (broad SMARTS) is 1. The topological polar surface area (TPSA) is 66.4 Å². The second-order valence-corrected chi connectivity index (χ2v) is 5.59. The summed E-state index contributed by atoms with van der Waals surface area (Å²) in [5.41, 5.74) is 0. The Kier molecular flexibility index (Phi) is 5.38. The average molecular weight is 256 g/mol. The lowest BCUT2D eigenvalue weighted by Gasteiger charge is -2.20. The Labute approximate surface area is 98.9 Å². The molecular formula is C9H15Cl2NO3. The molecule has 0 spiro atoms. The van der Waals surface area contributed by atoms with E-state index < -0.39 is 22.3 Å². The maximum atomic E-state index is 11.3. The first-order valence-electron chi connectivity index (χ1n) is 4.56. The Hall–Kier alpha value is -0.480. The van der Waals surface area contributed by atoms with E-state index in [1.165, 1.54) is 6.92 Å². The van der Waals surface area contributed by atoms with Gasteiger partial charge in [0.2, 0.25) is 0 Å². The van der Waals surface area contributed by atoms with E-state index >= 15 is 0 Å². The van der Waals surface area contributed by atoms with Crippen LogP contribution in [0.4, 0.5) is 0 Å². The van der Waals surface area contributed by atoms with Gasteiger partial charge in [0.05, 0.1) is 0 Å². The van der Waals surface area contributed by atoms with Crippen molar-refractivity contribution >= 4 is 35.1 Å². The molecule has 15 heavy (non-hydrogen) atoms. The lowest BCUT2D eigenvalue weighted by atomic mass is 10.0. The number of halogens is 2. The van der Waals surface area contributed by atoms with Crippen LogP contribution in [0.1, 0.15) is 27.2 Å². The first-order valence-corrected chi connectivity index (χ1v) is 5.31. The number of alkyl halides is 2. The van der Waals surface area contributed by atoms with Gasteiger partial charge in [-0.2, -0.15) is 0 Å². The highest BCUT2D eigenvalue weighted by molar-refractivity contribution is 6.57. The first-order chi connectivity index (χ1) is 6.64. The summed E-state index contributed by atoms with van der Waals surface area (Å²) >= 11 is 11.1. The maximum Gasteiger partial charge on any atom is 0.326 e. The van der Waals surface area contributed by atoms with Crippen molar-refractivity contribution in [3.05, 3.63) is 0 Å². The lowest BCUT2D eigenvalue weighted by Crippen LogP contribution is -2.47. The zero-order chi connectivity index (χ0) is 12.2. The number of aliphatic carboxylic acids is 1. The summed E-state index contributed by atoms with van der Waals surface area (Å²) < 4.78 is -1.61. The molecule has 6 heteroatoms. The molecule has 0 unspecified atom stereocenters. The third-order valence-electron chi connectivity index (χ3n) is 1.71. The summed E-state index contributed by atoms with van der Waals surface area (Å²) in [5.74, 6) is -1.63. The minimum atomic E-state index is -1.61. The molecule has 88 valence electrons. The number of rotatable bonds is 5. The summed E-state index contributed by atoms with van der Waals surface area (Å²) in [6, 6.07) is -0.950. The quantitative estimate of drug-likeness (QED) is 0.737. The van der Waals surface area contributed by atoms with E-state index in [4.69, 9.17) is 28.3 Å². The summed E-state index contributed by atoms with van der Waals surface area (Å²) in [7, 11) is 0. The fourth-order valence-electron chi connectivity index (χ4n) is 0.978. The van der Waals surface area contributed by atoms with Crippen molar-refractivity contribution in [2.24, 2.45) is 5.92 Å². The third-order valence-corrected chi connectivity index (χ3v) is 2.05. The molecule has 0 aromatic rings. The summed E-state index contributed by atoms with van der Waals surface area (Å²) in [5, 5.41) is 11.1. The van der Waals surface area contributed by atoms with Crippen LogP contribution in [-0.4, -0.2) is 27.4 Å². The van der Waals surface area contributed by atoms with Crippen molar-refractivity contribution in [3.8, 4) is 0 Å². The summed E-state index contributed by atoms with van der Waals surface area (Å²) in [6.45, 7) is 5.02. The Morgan fingerprint density at radius 3 is 2.13 bits per heavy atom. The van der Waals surface area contributed by atoms with Gasteiger partial charge >= 0.3 is 5.97 Å². The number of carbonyl (C=O) groups excluding carboxylic acids is 1. The van der Waals surface area contributed by atoms with Crippen LogP contribution in [0, 0.1) is 5.92 Å². The van der Waals surface area contributed by atoms with E-state index in [0.717, 1.165) is 0 Å². The second-order valence-electron chi connectivity index (χ2n) is 3.88. The number of carbonyl (C=O) groups is 2. The number of nitrogens with one attached hydrogen (secondary N) is 1. The van der Waals surface area contributed by atoms with Gasteiger partial charge in [0.25, 0.3) is 5.91 Å². The van der Waals surface area contributed by atoms with Gasteiger partial charge in [0, 0.05) is 0 Å². The smallest absolute Gasteiger partial charge is 0.326 e. The molecule has 0 aromatic carbocycles. The zero-order valence-electron chi connectivity index (χ0n) is 8.88. The molecule has 2 N–H and O–H groups in total. The van der Waals surface area contributed by atoms with Gasteiger partial charge in [-0.3, -0.25) is 4.79 Å². The van der Waals surface area contributed by atoms with E-state index in [1.807, 2.05) is 13.8 Å². The highest BCUT2D eigenvalue weighted by Crippen LogP contribution is 2.20. The van der Waals surface area contributed by atoms with Crippen molar-refractivity contribution in [2.45, 2.75) is 37.6 Å². The molecule has 0 rings (SSSR count). The normalized spacial score (nSPS) is 13.7. The molecule has 0 saturated heterocycles. The Bertz CT molecular complexity index is 248. The van der Waals surface area contributed by atoms with Crippen molar-refractivity contribution in [1.82, 2.24) is 5.32 Å². The van der Waals surface area contributed by atoms with Crippen LogP contribution in [0.2, 0.25) is 0 Å². The summed E-state index contributed by atoms with van der Waals surface area (Å²) in [6.07, 6.45) is 0.338. The molecule has 0 aromatic heterocycles. The monoisotopic (exact) mass is 255 g/mol. The highest BCUT2D eigenvalue weighted by atomic mass is 35.5. The van der Waals surface area contributed by atoms with Crippen molar-refractivity contribution < 1.29 is 14.7 Å². The molecule has 0 heterocycles. The van der Waals surface area contributed by atoms with Gasteiger partial charge in [-0.15, -0.1) is 0 Å². The van der Waals surface area contributed by atoms with Gasteiger partial charge < -0.3 is 10.4 Å². The largest absolute Gasteiger partial charge is 0.480 e. The number of carboxylic acids is 1. The van der Waals surface area contributed by atoms with Crippen LogP contribution >= 0.6 is 23.2 Å². The van der Waals surface area contributed by atoms with Crippen LogP contribution in [0.25, 0.3) is 0 Å². The van der Waals surface area contributed by atoms with Crippen LogP contribution in [-0.2, 0) is 9.59 Å². The molecule has 0 saturated carbocycles. The van der Waals surface area contributed by atoms with Crippen molar-refractivity contribution in [2.75, 3.05) is 0 Å². The molecule has 1 amide bonds. The van der Waals surface area contributed by atoms with E-state index in [-0.39, 0.29) is 5.92 Å². The summed E-state index contributed by atoms with van der Waals surface area (Å²) in [4.78, 5) is 22.1. The van der Waals surface area contributed by atoms with Crippen LogP contribution < -0.4 is 5.32 Å². The molecule has 0 aliphatic rings. The van der Waals surface area contributed by atoms with Gasteiger partial charge in [0.1, 0.15) is 6.04 Å². The number of hydrogen-bond donors (Lipinski definition) is 2. The lowest BCUT2D eigenvalue weighted by molar-refractivity contribution is -0.142. The molecule has 0 fully saturated rings. The first kappa shape index (κ1) is 14.5. The maximum absolute atomic E-state index is 11.3. The van der Waals surface area contributed by atoms with Crippen molar-refractivity contribution in [3.63, 3.8) is 0 Å². The molecule has 1 atom stereocenters.